The van der Waals surface area contributed by atoms with E-state index in [1.165, 1.54) is 20.1 Å². The van der Waals surface area contributed by atoms with Crippen LogP contribution in [0.1, 0.15) is 115 Å². The van der Waals surface area contributed by atoms with Gasteiger partial charge in [-0.1, -0.05) is 116 Å². The van der Waals surface area contributed by atoms with Gasteiger partial charge in [0.05, 0.1) is 66.0 Å². The first kappa shape index (κ1) is 84.7. The van der Waals surface area contributed by atoms with Crippen molar-refractivity contribution >= 4 is 29.2 Å². The first-order chi connectivity index (χ1) is 45.7. The van der Waals surface area contributed by atoms with Crippen molar-refractivity contribution in [1.82, 2.24) is 9.34 Å². The molecular weight excluding hydrogens is 1730 g/mol. The number of hydrogen-bond acceptors (Lipinski definition) is 19. The zero-order valence-electron chi connectivity index (χ0n) is 58.5. The molecule has 0 spiro atoms. The van der Waals surface area contributed by atoms with Crippen LogP contribution in [0, 0.1) is 86.8 Å². The Bertz CT molecular complexity index is 3140. The number of nitriles is 1. The number of hydrogen-bond donors (Lipinski definition) is 1. The quantitative estimate of drug-likeness (QED) is 0.0185. The van der Waals surface area contributed by atoms with Crippen molar-refractivity contribution in [2.45, 2.75) is 154 Å². The first-order valence-corrected chi connectivity index (χ1v) is 33.9. The molecule has 0 bridgehead atoms. The van der Waals surface area contributed by atoms with Crippen molar-refractivity contribution < 1.29 is 142 Å². The molecule has 0 saturated carbocycles. The van der Waals surface area contributed by atoms with E-state index >= 15 is 0 Å². The molecule has 2 fully saturated rings. The summed E-state index contributed by atoms with van der Waals surface area (Å²) in [6, 6.07) is 53.1. The molecule has 2 aliphatic rings. The number of carboxylic acid groups (broad SMARTS) is 1. The van der Waals surface area contributed by atoms with Crippen LogP contribution in [0.25, 0.3) is 0 Å². The van der Waals surface area contributed by atoms with Crippen molar-refractivity contribution in [2.75, 3.05) is 55.9 Å². The summed E-state index contributed by atoms with van der Waals surface area (Å²) in [4.78, 5) is 24.3. The minimum Gasteiger partial charge on any atom is -0.543 e. The molecule has 2 saturated heterocycles. The number of esters is 1. The molecule has 97 heavy (non-hydrogen) atoms. The maximum absolute atomic E-state index is 12.3. The van der Waals surface area contributed by atoms with Crippen LogP contribution in [0.2, 0.25) is 0 Å². The van der Waals surface area contributed by atoms with Gasteiger partial charge in [-0.25, -0.2) is 14.1 Å². The summed E-state index contributed by atoms with van der Waals surface area (Å²) in [5.41, 5.74) is 2.58. The molecule has 2 aliphatic heterocycles. The van der Waals surface area contributed by atoms with E-state index in [2.05, 4.69) is 64.7 Å². The predicted octanol–water partition coefficient (Wildman–Crippen LogP) is 15.2. The van der Waals surface area contributed by atoms with E-state index < -0.39 is 77.0 Å². The van der Waals surface area contributed by atoms with Crippen LogP contribution >= 0.6 is 17.1 Å². The molecular formula is C73H95N3O17P2U2-2. The Balaban J connectivity index is 0.000000378. The van der Waals surface area contributed by atoms with Gasteiger partial charge in [-0.2, -0.15) is 18.5 Å². The predicted molar refractivity (Wildman–Crippen MR) is 366 cm³/mol. The molecule has 8 rings (SSSR count). The number of methoxy groups -OCH3 is 4. The maximum Gasteiger partial charge on any atom is 0.506 e. The Morgan fingerprint density at radius 1 is 0.505 bits per heavy atom. The summed E-state index contributed by atoms with van der Waals surface area (Å²) in [5, 5.41) is 17.6. The molecule has 0 amide bonds. The fourth-order valence-corrected chi connectivity index (χ4v) is 14.3. The summed E-state index contributed by atoms with van der Waals surface area (Å²) >= 11 is 0. The van der Waals surface area contributed by atoms with Gasteiger partial charge in [-0.05, 0) is 150 Å². The Hall–Kier alpha value is -4.69. The zero-order chi connectivity index (χ0) is 69.2. The van der Waals surface area contributed by atoms with Crippen molar-refractivity contribution in [3.63, 3.8) is 0 Å². The van der Waals surface area contributed by atoms with Gasteiger partial charge in [-0.3, -0.25) is 4.79 Å². The van der Waals surface area contributed by atoms with Crippen molar-refractivity contribution in [2.24, 2.45) is 0 Å². The summed E-state index contributed by atoms with van der Waals surface area (Å²) in [6.07, 6.45) is -4.67. The maximum atomic E-state index is 12.3. The second-order valence-electron chi connectivity index (χ2n) is 23.2. The van der Waals surface area contributed by atoms with Crippen LogP contribution in [-0.4, -0.2) is 143 Å². The SMILES string of the molecule is CCCC#N.COc1ccc(C(OC2C(OC(C)=O)[CH-]OC2COP(OC)N(C(C)C)C(C)C)(c2ccccc2)c2ccc(OC)cc2)cc1.COc1ccc(C(OC2[CH-]OC(COP(OC)N(C(C)C)C(C)C)C2OC(=O)O)(c2ccccc2)c2ccc(OC)cc2)cc1.[U].[U]. The fraction of sp³-hybridized carbons (Fsp3) is 0.438. The molecule has 6 aromatic rings. The van der Waals surface area contributed by atoms with E-state index in [0.717, 1.165) is 39.8 Å². The van der Waals surface area contributed by atoms with Gasteiger partial charge in [-0.15, -0.1) is 0 Å². The van der Waals surface area contributed by atoms with Crippen molar-refractivity contribution in [3.8, 4) is 29.1 Å². The molecule has 524 valence electrons. The Morgan fingerprint density at radius 2 is 0.825 bits per heavy atom. The van der Waals surface area contributed by atoms with Crippen LogP contribution in [0.15, 0.2) is 158 Å². The average molecular weight is 1820 g/mol. The number of carbonyl (C=O) groups is 2. The third kappa shape index (κ3) is 22.7. The van der Waals surface area contributed by atoms with E-state index in [1.807, 2.05) is 171 Å². The van der Waals surface area contributed by atoms with E-state index in [4.69, 9.17) is 70.7 Å². The summed E-state index contributed by atoms with van der Waals surface area (Å²) < 4.78 is 88.1. The van der Waals surface area contributed by atoms with E-state index in [-0.39, 0.29) is 99.6 Å². The number of ether oxygens (including phenoxy) is 10. The average Bonchev–Trinajstić information content (AvgIpc) is 1.63. The minimum atomic E-state index is -1.45. The van der Waals surface area contributed by atoms with Gasteiger partial charge in [0.1, 0.15) is 40.3 Å². The third-order valence-electron chi connectivity index (χ3n) is 15.5. The van der Waals surface area contributed by atoms with Crippen LogP contribution in [0.3, 0.4) is 0 Å². The van der Waals surface area contributed by atoms with E-state index in [9.17, 15) is 14.7 Å². The molecule has 0 radical (unpaired) electrons. The number of rotatable bonds is 31. The molecule has 20 nitrogen and oxygen atoms in total. The van der Waals surface area contributed by atoms with Crippen LogP contribution in [0.5, 0.6) is 23.0 Å². The Kier molecular flexibility index (Phi) is 37.2. The van der Waals surface area contributed by atoms with Gasteiger partial charge in [0.15, 0.2) is 0 Å². The smallest absolute Gasteiger partial charge is 0.506 e. The molecule has 8 atom stereocenters. The number of nitrogens with zero attached hydrogens (tertiary/aromatic N) is 3. The summed E-state index contributed by atoms with van der Waals surface area (Å²) in [6.45, 7) is 23.3. The zero-order valence-corrected chi connectivity index (χ0v) is 68.6. The number of unbranched alkanes of at least 4 members (excludes halogenated alkanes) is 1. The number of carbonyl (C=O) groups excluding carboxylic acids is 1. The summed E-state index contributed by atoms with van der Waals surface area (Å²) in [7, 11) is 6.89. The number of benzene rings is 6. The van der Waals surface area contributed by atoms with Gasteiger partial charge >= 0.3 is 6.16 Å². The molecule has 8 unspecified atom stereocenters. The molecule has 1 N–H and O–H groups in total. The van der Waals surface area contributed by atoms with Crippen LogP contribution < -0.4 is 18.9 Å². The Labute approximate surface area is 624 Å². The molecule has 6 aromatic carbocycles. The van der Waals surface area contributed by atoms with E-state index in [0.29, 0.717) is 29.4 Å². The van der Waals surface area contributed by atoms with E-state index in [1.54, 1.807) is 42.7 Å². The molecule has 0 aliphatic carbocycles. The van der Waals surface area contributed by atoms with Gasteiger partial charge in [0, 0.05) is 120 Å². The van der Waals surface area contributed by atoms with Crippen LogP contribution in [-0.2, 0) is 62.5 Å². The third-order valence-corrected chi connectivity index (χ3v) is 19.5. The second kappa shape index (κ2) is 42.5. The van der Waals surface area contributed by atoms with Crippen LogP contribution in [0.4, 0.5) is 4.79 Å². The van der Waals surface area contributed by atoms with Crippen molar-refractivity contribution in [3.05, 3.63) is 204 Å². The van der Waals surface area contributed by atoms with Crippen molar-refractivity contribution in [1.29, 1.82) is 5.26 Å². The normalized spacial score (nSPS) is 18.2. The first-order valence-electron chi connectivity index (χ1n) is 31.7. The Morgan fingerprint density at radius 3 is 1.10 bits per heavy atom. The molecule has 2 heterocycles. The largest absolute Gasteiger partial charge is 0.543 e. The minimum absolute atomic E-state index is 0. The molecule has 24 heteroatoms. The summed E-state index contributed by atoms with van der Waals surface area (Å²) in [5.74, 6) is 2.35. The van der Waals surface area contributed by atoms with Gasteiger partial charge in [0.25, 0.3) is 23.0 Å². The monoisotopic (exact) mass is 1820 g/mol. The standard InChI is InChI=1S/C35H45NO8P.C34H43NO9P.C4H7N.2U/c1-24(2)36(25(3)4)45(40-8)42-23-32-34(33(22-41-32)43-26(5)37)44-35(27-12-10-9-11-13-27,28-14-18-30(38-6)19-15-28)29-16-20-31(39-7)21-17-29;1-23(2)35(24(3)4)45(40-7)42-22-30-32(43-33(36)37)31(21-41-30)44-34(25-11-9-8-10-12-25,26-13-17-28(38-5)18-14-26)27-15-19-29(39-6)20-16-27;1-2-3-4-5;;/h9-22,24-25,32-34H,23H2,1-8H3;8-21,23-24,30-32H,22H2,1-7H3,(H,36,37);2-3H2,1H3;;/q2*-1;;;. The topological polar surface area (TPSA) is 214 Å². The van der Waals surface area contributed by atoms with Gasteiger partial charge in [0.2, 0.25) is 0 Å². The van der Waals surface area contributed by atoms with Gasteiger partial charge < -0.3 is 70.6 Å². The fourth-order valence-electron chi connectivity index (χ4n) is 11.4. The second-order valence-corrected chi connectivity index (χ2v) is 26.3. The molecule has 0 aromatic heterocycles.